The lowest BCUT2D eigenvalue weighted by atomic mass is 10.1. The van der Waals surface area contributed by atoms with Crippen LogP contribution in [0.3, 0.4) is 0 Å². The maximum atomic E-state index is 13.8. The minimum Gasteiger partial charge on any atom is -0.508 e. The minimum atomic E-state index is -5.04. The Hall–Kier alpha value is -3.25. The zero-order chi connectivity index (χ0) is 21.1. The molecule has 0 spiro atoms. The molecule has 0 unspecified atom stereocenters. The molecule has 0 aliphatic carbocycles. The largest absolute Gasteiger partial charge is 0.573 e. The quantitative estimate of drug-likeness (QED) is 0.306. The summed E-state index contributed by atoms with van der Waals surface area (Å²) in [6.45, 7) is -0.640. The van der Waals surface area contributed by atoms with Crippen molar-refractivity contribution in [3.8, 4) is 17.2 Å². The fraction of sp³-hybridized carbons (Fsp3) is 0.188. The molecular weight excluding hydrogens is 388 g/mol. The number of amides is 2. The second-order valence-electron chi connectivity index (χ2n) is 5.47. The van der Waals surface area contributed by atoms with Crippen molar-refractivity contribution in [2.24, 2.45) is 11.7 Å². The molecule has 0 saturated heterocycles. The zero-order valence-electron chi connectivity index (χ0n) is 14.4. The first-order valence-electron chi connectivity index (χ1n) is 7.55. The van der Waals surface area contributed by atoms with Gasteiger partial charge in [0, 0.05) is 13.1 Å². The first-order valence-corrected chi connectivity index (χ1v) is 7.55. The molecule has 8 nitrogen and oxygen atoms in total. The van der Waals surface area contributed by atoms with Gasteiger partial charge in [0.1, 0.15) is 18.1 Å². The number of carbonyl (C=O) groups is 1. The predicted molar refractivity (Wildman–Crippen MR) is 89.5 cm³/mol. The Morgan fingerprint density at radius 2 is 1.86 bits per heavy atom. The molecule has 12 heteroatoms. The Labute approximate surface area is 156 Å². The van der Waals surface area contributed by atoms with Crippen LogP contribution in [0.2, 0.25) is 0 Å². The monoisotopic (exact) mass is 404 g/mol. The van der Waals surface area contributed by atoms with E-state index < -0.39 is 30.6 Å². The highest BCUT2D eigenvalue weighted by Crippen LogP contribution is 2.34. The number of alkyl halides is 3. The number of hydrazine groups is 2. The maximum Gasteiger partial charge on any atom is 0.573 e. The number of phenolic OH excluding ortho intramolecular Hbond substituents is 1. The summed E-state index contributed by atoms with van der Waals surface area (Å²) in [5.41, 5.74) is -0.492. The van der Waals surface area contributed by atoms with E-state index in [4.69, 9.17) is 16.4 Å². The number of halogens is 4. The minimum absolute atomic E-state index is 0.205. The molecule has 0 atom stereocenters. The van der Waals surface area contributed by atoms with Gasteiger partial charge < -0.3 is 14.6 Å². The third-order valence-electron chi connectivity index (χ3n) is 3.39. The summed E-state index contributed by atoms with van der Waals surface area (Å²) >= 11 is 0. The van der Waals surface area contributed by atoms with Crippen LogP contribution in [0.1, 0.15) is 5.56 Å². The summed E-state index contributed by atoms with van der Waals surface area (Å²) in [5, 5.41) is 10.3. The molecule has 0 aliphatic heterocycles. The standard InChI is InChI=1S/C16H16F4N4O4/c1-23(21)15(26)24(22)12-3-2-4-13(28-16(18,19)20)10(12)8-27-14-6-5-9(25)7-11(14)17/h2-7,25H,8,21-22H2,1H3. The molecule has 0 heterocycles. The molecule has 0 saturated carbocycles. The second-order valence-corrected chi connectivity index (χ2v) is 5.47. The lowest BCUT2D eigenvalue weighted by Gasteiger charge is -2.24. The van der Waals surface area contributed by atoms with E-state index >= 15 is 0 Å². The van der Waals surface area contributed by atoms with E-state index in [-0.39, 0.29) is 22.7 Å². The number of rotatable bonds is 5. The van der Waals surface area contributed by atoms with Gasteiger partial charge >= 0.3 is 12.4 Å². The highest BCUT2D eigenvalue weighted by atomic mass is 19.4. The number of ether oxygens (including phenoxy) is 2. The Bertz CT molecular complexity index is 861. The summed E-state index contributed by atoms with van der Waals surface area (Å²) in [6, 6.07) is 5.41. The summed E-state index contributed by atoms with van der Waals surface area (Å²) in [5.74, 6) is 8.60. The van der Waals surface area contributed by atoms with Gasteiger partial charge in [-0.25, -0.2) is 25.9 Å². The second kappa shape index (κ2) is 8.19. The first-order chi connectivity index (χ1) is 13.0. The molecule has 5 N–H and O–H groups in total. The van der Waals surface area contributed by atoms with Crippen molar-refractivity contribution in [1.29, 1.82) is 0 Å². The lowest BCUT2D eigenvalue weighted by molar-refractivity contribution is -0.275. The number of hydrogen-bond donors (Lipinski definition) is 3. The molecule has 28 heavy (non-hydrogen) atoms. The summed E-state index contributed by atoms with van der Waals surface area (Å²) in [6.07, 6.45) is -5.04. The molecule has 0 bridgehead atoms. The predicted octanol–water partition coefficient (Wildman–Crippen LogP) is 2.61. The van der Waals surface area contributed by atoms with Crippen LogP contribution >= 0.6 is 0 Å². The van der Waals surface area contributed by atoms with E-state index in [2.05, 4.69) is 4.74 Å². The van der Waals surface area contributed by atoms with Crippen LogP contribution in [-0.2, 0) is 6.61 Å². The smallest absolute Gasteiger partial charge is 0.508 e. The van der Waals surface area contributed by atoms with E-state index in [1.165, 1.54) is 19.2 Å². The molecule has 2 aromatic carbocycles. The van der Waals surface area contributed by atoms with E-state index in [9.17, 15) is 27.5 Å². The number of urea groups is 1. The van der Waals surface area contributed by atoms with Gasteiger partial charge in [0.05, 0.1) is 11.3 Å². The van der Waals surface area contributed by atoms with E-state index in [1.807, 2.05) is 0 Å². The Morgan fingerprint density at radius 1 is 1.18 bits per heavy atom. The van der Waals surface area contributed by atoms with Gasteiger partial charge in [-0.2, -0.15) is 0 Å². The van der Waals surface area contributed by atoms with Crippen molar-refractivity contribution >= 4 is 11.7 Å². The van der Waals surface area contributed by atoms with Crippen LogP contribution in [0.5, 0.6) is 17.2 Å². The van der Waals surface area contributed by atoms with Gasteiger partial charge in [-0.15, -0.1) is 13.2 Å². The molecule has 0 aliphatic rings. The van der Waals surface area contributed by atoms with Crippen molar-refractivity contribution in [2.45, 2.75) is 13.0 Å². The van der Waals surface area contributed by atoms with Gasteiger partial charge in [-0.1, -0.05) is 6.07 Å². The number of anilines is 1. The number of nitrogens with zero attached hydrogens (tertiary/aromatic N) is 2. The number of phenols is 1. The molecule has 0 fully saturated rings. The van der Waals surface area contributed by atoms with Crippen molar-refractivity contribution in [1.82, 2.24) is 5.01 Å². The van der Waals surface area contributed by atoms with Crippen molar-refractivity contribution in [3.05, 3.63) is 47.8 Å². The average Bonchev–Trinajstić information content (AvgIpc) is 2.59. The molecule has 0 aromatic heterocycles. The highest BCUT2D eigenvalue weighted by Gasteiger charge is 2.33. The molecule has 152 valence electrons. The molecule has 2 aromatic rings. The highest BCUT2D eigenvalue weighted by molar-refractivity contribution is 5.91. The van der Waals surface area contributed by atoms with Crippen LogP contribution in [-0.4, -0.2) is 29.6 Å². The molecular formula is C16H16F4N4O4. The first kappa shape index (κ1) is 21.1. The average molecular weight is 404 g/mol. The topological polar surface area (TPSA) is 114 Å². The third kappa shape index (κ3) is 5.14. The van der Waals surface area contributed by atoms with Gasteiger partial charge in [-0.3, -0.25) is 5.01 Å². The summed E-state index contributed by atoms with van der Waals surface area (Å²) in [7, 11) is 1.18. The molecule has 0 radical (unpaired) electrons. The maximum absolute atomic E-state index is 13.8. The number of nitrogens with two attached hydrogens (primary N) is 2. The fourth-order valence-electron chi connectivity index (χ4n) is 2.17. The number of aromatic hydroxyl groups is 1. The van der Waals surface area contributed by atoms with Crippen LogP contribution in [0.4, 0.5) is 28.0 Å². The zero-order valence-corrected chi connectivity index (χ0v) is 14.4. The van der Waals surface area contributed by atoms with Gasteiger partial charge in [0.2, 0.25) is 0 Å². The SMILES string of the molecule is CN(N)C(=O)N(N)c1cccc(OC(F)(F)F)c1COc1ccc(O)cc1F. The Kier molecular flexibility index (Phi) is 6.16. The van der Waals surface area contributed by atoms with Crippen LogP contribution in [0.15, 0.2) is 36.4 Å². The van der Waals surface area contributed by atoms with Crippen LogP contribution in [0.25, 0.3) is 0 Å². The summed E-state index contributed by atoms with van der Waals surface area (Å²) in [4.78, 5) is 12.0. The number of carbonyl (C=O) groups excluding carboxylic acids is 1. The van der Waals surface area contributed by atoms with E-state index in [0.29, 0.717) is 10.0 Å². The third-order valence-corrected chi connectivity index (χ3v) is 3.39. The fourth-order valence-corrected chi connectivity index (χ4v) is 2.17. The van der Waals surface area contributed by atoms with Gasteiger partial charge in [-0.05, 0) is 24.3 Å². The molecule has 2 rings (SSSR count). The normalized spacial score (nSPS) is 11.1. The van der Waals surface area contributed by atoms with Crippen LogP contribution < -0.4 is 26.2 Å². The Morgan fingerprint density at radius 3 is 2.43 bits per heavy atom. The number of hydrogen-bond acceptors (Lipinski definition) is 6. The van der Waals surface area contributed by atoms with E-state index in [1.54, 1.807) is 0 Å². The van der Waals surface area contributed by atoms with Crippen molar-refractivity contribution in [2.75, 3.05) is 12.1 Å². The van der Waals surface area contributed by atoms with Crippen molar-refractivity contribution in [3.63, 3.8) is 0 Å². The van der Waals surface area contributed by atoms with E-state index in [0.717, 1.165) is 24.3 Å². The lowest BCUT2D eigenvalue weighted by Crippen LogP contribution is -2.49. The van der Waals surface area contributed by atoms with Crippen molar-refractivity contribution < 1.29 is 36.9 Å². The Balaban J connectivity index is 2.43. The molecule has 2 amide bonds. The number of benzene rings is 2. The van der Waals surface area contributed by atoms with Gasteiger partial charge in [0.25, 0.3) is 0 Å². The summed E-state index contributed by atoms with van der Waals surface area (Å²) < 4.78 is 61.1. The van der Waals surface area contributed by atoms with Crippen LogP contribution in [0, 0.1) is 5.82 Å². The van der Waals surface area contributed by atoms with Gasteiger partial charge in [0.15, 0.2) is 11.6 Å².